The van der Waals surface area contributed by atoms with Gasteiger partial charge in [0.05, 0.1) is 23.8 Å². The second kappa shape index (κ2) is 19.9. The number of ether oxygens (including phenoxy) is 1. The van der Waals surface area contributed by atoms with Crippen LogP contribution in [0, 0.1) is 5.41 Å². The summed E-state index contributed by atoms with van der Waals surface area (Å²) in [7, 11) is -10.9. The summed E-state index contributed by atoms with van der Waals surface area (Å²) in [6, 6.07) is 24.6. The Balaban J connectivity index is 0.972. The Morgan fingerprint density at radius 1 is 0.924 bits per heavy atom. The summed E-state index contributed by atoms with van der Waals surface area (Å²) < 4.78 is 104. The number of allylic oxidation sites excluding steroid dienone is 1. The van der Waals surface area contributed by atoms with Gasteiger partial charge in [0.2, 0.25) is 0 Å². The number of benzene rings is 4. The minimum atomic E-state index is -6.06. The summed E-state index contributed by atoms with van der Waals surface area (Å²) in [5.74, 6) is -0.620. The van der Waals surface area contributed by atoms with Crippen LogP contribution in [0.2, 0.25) is 5.02 Å². The molecule has 0 bridgehead atoms. The molecule has 0 aromatic heterocycles. The number of thioether (sulfide) groups is 1. The van der Waals surface area contributed by atoms with E-state index in [0.717, 1.165) is 73.7 Å². The predicted molar refractivity (Wildman–Crippen MR) is 255 cm³/mol. The third kappa shape index (κ3) is 11.3. The Kier molecular flexibility index (Phi) is 14.5. The van der Waals surface area contributed by atoms with Gasteiger partial charge in [-0.05, 0) is 115 Å². The van der Waals surface area contributed by atoms with Crippen molar-refractivity contribution in [3.05, 3.63) is 118 Å². The summed E-state index contributed by atoms with van der Waals surface area (Å²) >= 11 is 7.67. The van der Waals surface area contributed by atoms with Gasteiger partial charge in [-0.2, -0.15) is 13.2 Å². The Morgan fingerprint density at radius 3 is 2.39 bits per heavy atom. The van der Waals surface area contributed by atoms with E-state index >= 15 is 0 Å². The van der Waals surface area contributed by atoms with E-state index in [9.17, 15) is 34.8 Å². The van der Waals surface area contributed by atoms with Crippen molar-refractivity contribution in [3.63, 3.8) is 0 Å². The monoisotopic (exact) mass is 985 g/mol. The molecular formula is C48H55ClF3N5O6S3. The molecule has 2 atom stereocenters. The molecule has 0 saturated carbocycles. The number of fused-ring (bicyclic) bond motifs is 3. The van der Waals surface area contributed by atoms with E-state index in [1.54, 1.807) is 12.1 Å². The summed E-state index contributed by atoms with van der Waals surface area (Å²) in [6.07, 6.45) is 4.19. The highest BCUT2D eigenvalue weighted by Gasteiger charge is 2.48. The van der Waals surface area contributed by atoms with Gasteiger partial charge in [-0.3, -0.25) is 14.6 Å². The fourth-order valence-electron chi connectivity index (χ4n) is 9.48. The third-order valence-corrected chi connectivity index (χ3v) is 17.3. The normalized spacial score (nSPS) is 19.8. The lowest BCUT2D eigenvalue weighted by molar-refractivity contribution is -0.0435. The predicted octanol–water partition coefficient (Wildman–Crippen LogP) is 8.76. The van der Waals surface area contributed by atoms with E-state index in [2.05, 4.69) is 46.0 Å². The molecule has 4 aromatic carbocycles. The quantitative estimate of drug-likeness (QED) is 0.111. The topological polar surface area (TPSA) is 128 Å². The number of halogens is 4. The number of piperazine rings is 1. The third-order valence-electron chi connectivity index (χ3n) is 13.0. The van der Waals surface area contributed by atoms with Crippen molar-refractivity contribution in [1.82, 2.24) is 14.5 Å². The van der Waals surface area contributed by atoms with Gasteiger partial charge < -0.3 is 15.0 Å². The Bertz CT molecular complexity index is 2660. The molecule has 0 spiro atoms. The fourth-order valence-corrected chi connectivity index (χ4v) is 12.6. The lowest BCUT2D eigenvalue weighted by Gasteiger charge is -2.41. The largest absolute Gasteiger partial charge is 0.501 e. The molecule has 4 aromatic rings. The minimum absolute atomic E-state index is 0.0525. The van der Waals surface area contributed by atoms with Crippen molar-refractivity contribution >= 4 is 66.1 Å². The van der Waals surface area contributed by atoms with Gasteiger partial charge in [-0.25, -0.2) is 21.6 Å². The number of carbonyl (C=O) groups is 1. The van der Waals surface area contributed by atoms with Crippen LogP contribution >= 0.6 is 23.4 Å². The zero-order chi connectivity index (χ0) is 46.9. The molecule has 2 fully saturated rings. The van der Waals surface area contributed by atoms with Crippen LogP contribution in [0.4, 0.5) is 24.5 Å². The molecule has 3 heterocycles. The number of morpholine rings is 1. The number of hydrogen-bond donors (Lipinski definition) is 2. The van der Waals surface area contributed by atoms with E-state index in [4.69, 9.17) is 16.3 Å². The smallest absolute Gasteiger partial charge is 0.380 e. The molecule has 8 rings (SSSR count). The molecule has 2 N–H and O–H groups in total. The molecule has 3 aliphatic heterocycles. The van der Waals surface area contributed by atoms with Crippen LogP contribution in [0.3, 0.4) is 0 Å². The number of nitrogens with one attached hydrogen (secondary N) is 2. The van der Waals surface area contributed by atoms with Gasteiger partial charge in [0.15, 0.2) is 0 Å². The summed E-state index contributed by atoms with van der Waals surface area (Å²) in [5.41, 5.74) is -0.00617. The number of sulfonamides is 1. The molecule has 0 radical (unpaired) electrons. The maximum absolute atomic E-state index is 14.3. The Morgan fingerprint density at radius 2 is 1.67 bits per heavy atom. The number of anilines is 2. The van der Waals surface area contributed by atoms with Gasteiger partial charge >= 0.3 is 5.51 Å². The number of amides is 1. The Labute approximate surface area is 395 Å². The first-order valence-corrected chi connectivity index (χ1v) is 26.5. The number of nitrogens with zero attached hydrogens (tertiary/aromatic N) is 3. The molecule has 1 aliphatic carbocycles. The summed E-state index contributed by atoms with van der Waals surface area (Å²) in [6.45, 7) is 10.9. The van der Waals surface area contributed by atoms with Gasteiger partial charge in [0.1, 0.15) is 4.90 Å². The van der Waals surface area contributed by atoms with E-state index in [1.165, 1.54) is 34.5 Å². The SMILES string of the molecule is CC1(C)CCC(c2ccc(Cl)cc2)=C(CN2CCN3c4ccc(C(=O)NS(=O)(=O)c5ccc(N[C@H](CCN6CCOCC6)CSc6ccccc6)c(S(=O)(=O)C(F)(F)F)c5)cc4C[C@H]3C2)C1. The number of carbonyl (C=O) groups excluding carboxylic acids is 1. The standard InChI is InChI=1S/C48H55ClF3N5O6S3/c1-47(2)18-16-42(33-8-11-37(49)12-9-33)36(29-47)30-56-20-21-57-39(31-56)27-35-26-34(10-15-44(35)57)46(58)54-66(61,62)41-13-14-43(45(28-41)65(59,60)48(50,51)52)53-38(17-19-55-22-24-63-25-23-55)32-64-40-6-4-3-5-7-40/h3-15,26,28,38-39,53H,16-25,27,29-32H2,1-2H3,(H,54,58)/t38-,39+/m1/s1. The van der Waals surface area contributed by atoms with Gasteiger partial charge in [0, 0.05) is 84.8 Å². The zero-order valence-corrected chi connectivity index (χ0v) is 40.2. The van der Waals surface area contributed by atoms with Crippen molar-refractivity contribution < 1.29 is 39.5 Å². The van der Waals surface area contributed by atoms with Crippen LogP contribution in [-0.2, 0) is 31.0 Å². The van der Waals surface area contributed by atoms with Crippen molar-refractivity contribution in [1.29, 1.82) is 0 Å². The van der Waals surface area contributed by atoms with E-state index in [-0.39, 0.29) is 17.0 Å². The van der Waals surface area contributed by atoms with Crippen LogP contribution < -0.4 is 14.9 Å². The van der Waals surface area contributed by atoms with Crippen LogP contribution in [0.5, 0.6) is 0 Å². The maximum Gasteiger partial charge on any atom is 0.501 e. The van der Waals surface area contributed by atoms with Crippen molar-refractivity contribution in [2.45, 2.75) is 78.2 Å². The molecule has 66 heavy (non-hydrogen) atoms. The zero-order valence-electron chi connectivity index (χ0n) is 36.9. The number of rotatable bonds is 15. The molecule has 2 saturated heterocycles. The highest BCUT2D eigenvalue weighted by Crippen LogP contribution is 2.44. The van der Waals surface area contributed by atoms with Crippen LogP contribution in [0.1, 0.15) is 61.0 Å². The highest BCUT2D eigenvalue weighted by molar-refractivity contribution is 7.99. The molecule has 0 unspecified atom stereocenters. The first-order chi connectivity index (χ1) is 31.3. The summed E-state index contributed by atoms with van der Waals surface area (Å²) in [4.78, 5) is 19.5. The van der Waals surface area contributed by atoms with Gasteiger partial charge in [-0.1, -0.05) is 61.4 Å². The molecule has 11 nitrogen and oxygen atoms in total. The molecular weight excluding hydrogens is 931 g/mol. The lowest BCUT2D eigenvalue weighted by Crippen LogP contribution is -2.52. The van der Waals surface area contributed by atoms with Crippen LogP contribution in [0.25, 0.3) is 5.57 Å². The highest BCUT2D eigenvalue weighted by atomic mass is 35.5. The van der Waals surface area contributed by atoms with E-state index < -0.39 is 52.8 Å². The minimum Gasteiger partial charge on any atom is -0.380 e. The molecule has 4 aliphatic rings. The van der Waals surface area contributed by atoms with Gasteiger partial charge in [-0.15, -0.1) is 11.8 Å². The number of sulfone groups is 1. The van der Waals surface area contributed by atoms with Crippen LogP contribution in [0.15, 0.2) is 111 Å². The Hall–Kier alpha value is -4.10. The second-order valence-corrected chi connectivity index (χ2v) is 23.4. The first kappa shape index (κ1) is 48.4. The first-order valence-electron chi connectivity index (χ1n) is 22.2. The van der Waals surface area contributed by atoms with E-state index in [1.807, 2.05) is 47.2 Å². The number of hydrogen-bond acceptors (Lipinski definition) is 11. The average Bonchev–Trinajstić information content (AvgIpc) is 3.65. The van der Waals surface area contributed by atoms with Crippen molar-refractivity contribution in [2.75, 3.05) is 75.0 Å². The second-order valence-electron chi connectivity index (χ2n) is 18.3. The fraction of sp³-hybridized carbons (Fsp3) is 0.438. The van der Waals surface area contributed by atoms with Crippen molar-refractivity contribution in [2.24, 2.45) is 5.41 Å². The van der Waals surface area contributed by atoms with Gasteiger partial charge in [0.25, 0.3) is 25.8 Å². The average molecular weight is 987 g/mol. The molecule has 354 valence electrons. The summed E-state index contributed by atoms with van der Waals surface area (Å²) in [5, 5.41) is 3.72. The number of alkyl halides is 3. The molecule has 18 heteroatoms. The van der Waals surface area contributed by atoms with Crippen LogP contribution in [-0.4, -0.2) is 115 Å². The maximum atomic E-state index is 14.3. The van der Waals surface area contributed by atoms with E-state index in [0.29, 0.717) is 62.5 Å². The van der Waals surface area contributed by atoms with Crippen molar-refractivity contribution in [3.8, 4) is 0 Å². The lowest BCUT2D eigenvalue weighted by atomic mass is 9.72. The molecule has 1 amide bonds.